The highest BCUT2D eigenvalue weighted by molar-refractivity contribution is 5.74. The highest BCUT2D eigenvalue weighted by Gasteiger charge is 1.90. The van der Waals surface area contributed by atoms with Gasteiger partial charge in [0.25, 0.3) is 0 Å². The fraction of sp³-hybridized carbons (Fsp3) is 0.900. The van der Waals surface area contributed by atoms with E-state index < -0.39 is 6.29 Å². The first kappa shape index (κ1) is 15.1. The molecular formula is C10H22O3. The van der Waals surface area contributed by atoms with E-state index in [1.54, 1.807) is 13.8 Å². The van der Waals surface area contributed by atoms with Gasteiger partial charge >= 0.3 is 0 Å². The molecule has 0 aromatic carbocycles. The lowest BCUT2D eigenvalue weighted by Crippen LogP contribution is -2.06. The van der Waals surface area contributed by atoms with Gasteiger partial charge in [-0.25, -0.2) is 0 Å². The second-order valence-electron chi connectivity index (χ2n) is 2.88. The smallest absolute Gasteiger partial charge is 0.151 e. The van der Waals surface area contributed by atoms with Crippen molar-refractivity contribution in [2.24, 2.45) is 0 Å². The third kappa shape index (κ3) is 24.5. The van der Waals surface area contributed by atoms with Crippen LogP contribution in [0.2, 0.25) is 0 Å². The molecule has 0 aliphatic carbocycles. The van der Waals surface area contributed by atoms with Crippen LogP contribution in [0.1, 0.15) is 47.0 Å². The molecule has 0 aromatic rings. The number of rotatable bonds is 5. The van der Waals surface area contributed by atoms with Crippen molar-refractivity contribution in [3.63, 3.8) is 0 Å². The van der Waals surface area contributed by atoms with E-state index in [-0.39, 0.29) is 5.78 Å². The van der Waals surface area contributed by atoms with Gasteiger partial charge in [-0.3, -0.25) is 0 Å². The molecule has 0 radical (unpaired) electrons. The second kappa shape index (κ2) is 11.6. The lowest BCUT2D eigenvalue weighted by molar-refractivity contribution is -0.116. The number of aliphatic hydroxyl groups excluding tert-OH is 1. The molecule has 0 aliphatic heterocycles. The Morgan fingerprint density at radius 1 is 1.46 bits per heavy atom. The minimum absolute atomic E-state index is 0.255. The molecule has 3 nitrogen and oxygen atoms in total. The average Bonchev–Trinajstić information content (AvgIpc) is 2.05. The Balaban J connectivity index is 0. The van der Waals surface area contributed by atoms with E-state index in [1.807, 2.05) is 6.92 Å². The molecule has 1 N–H and O–H groups in total. The number of Topliss-reactive ketones (excluding diaryl/α,β-unsaturated/α-hetero) is 1. The Bertz CT molecular complexity index is 111. The van der Waals surface area contributed by atoms with Gasteiger partial charge in [-0.05, 0) is 20.3 Å². The molecule has 0 rings (SSSR count). The van der Waals surface area contributed by atoms with E-state index in [0.29, 0.717) is 13.0 Å². The molecular weight excluding hydrogens is 168 g/mol. The van der Waals surface area contributed by atoms with Gasteiger partial charge in [0.15, 0.2) is 6.29 Å². The molecule has 80 valence electrons. The third-order valence-electron chi connectivity index (χ3n) is 1.35. The Morgan fingerprint density at radius 2 is 1.92 bits per heavy atom. The summed E-state index contributed by atoms with van der Waals surface area (Å²) >= 11 is 0. The summed E-state index contributed by atoms with van der Waals surface area (Å²) in [4.78, 5) is 9.81. The lowest BCUT2D eigenvalue weighted by Gasteiger charge is -2.03. The highest BCUT2D eigenvalue weighted by Crippen LogP contribution is 1.90. The van der Waals surface area contributed by atoms with Gasteiger partial charge in [-0.1, -0.05) is 20.3 Å². The molecule has 0 aromatic heterocycles. The molecule has 3 heteroatoms. The van der Waals surface area contributed by atoms with Crippen molar-refractivity contribution < 1.29 is 14.6 Å². The van der Waals surface area contributed by atoms with Gasteiger partial charge in [0.1, 0.15) is 5.78 Å². The number of carbonyl (C=O) groups is 1. The molecule has 0 amide bonds. The number of carbonyl (C=O) groups excluding carboxylic acids is 1. The predicted octanol–water partition coefficient (Wildman–Crippen LogP) is 2.13. The molecule has 0 aliphatic rings. The molecule has 0 fully saturated rings. The number of unbranched alkanes of at least 4 members (excludes halogenated alkanes) is 1. The molecule has 0 saturated heterocycles. The Morgan fingerprint density at radius 3 is 2.15 bits per heavy atom. The average molecular weight is 190 g/mol. The molecule has 0 spiro atoms. The van der Waals surface area contributed by atoms with Crippen LogP contribution in [-0.2, 0) is 9.53 Å². The SMILES string of the molecule is CCC(C)=O.CCCCOC(C)O. The fourth-order valence-corrected chi connectivity index (χ4v) is 0.398. The van der Waals surface area contributed by atoms with Gasteiger partial charge < -0.3 is 14.6 Å². The molecule has 1 unspecified atom stereocenters. The van der Waals surface area contributed by atoms with E-state index in [0.717, 1.165) is 12.8 Å². The van der Waals surface area contributed by atoms with Crippen molar-refractivity contribution in [1.29, 1.82) is 0 Å². The van der Waals surface area contributed by atoms with Crippen LogP contribution in [0.3, 0.4) is 0 Å². The molecule has 0 bridgehead atoms. The number of hydrogen-bond acceptors (Lipinski definition) is 3. The van der Waals surface area contributed by atoms with Gasteiger partial charge in [-0.2, -0.15) is 0 Å². The van der Waals surface area contributed by atoms with Crippen LogP contribution in [0.5, 0.6) is 0 Å². The zero-order valence-corrected chi connectivity index (χ0v) is 9.17. The monoisotopic (exact) mass is 190 g/mol. The van der Waals surface area contributed by atoms with E-state index in [4.69, 9.17) is 9.84 Å². The molecule has 0 heterocycles. The third-order valence-corrected chi connectivity index (χ3v) is 1.35. The van der Waals surface area contributed by atoms with E-state index in [2.05, 4.69) is 6.92 Å². The predicted molar refractivity (Wildman–Crippen MR) is 53.5 cm³/mol. The zero-order valence-electron chi connectivity index (χ0n) is 9.17. The summed E-state index contributed by atoms with van der Waals surface area (Å²) in [5, 5.41) is 8.56. The topological polar surface area (TPSA) is 46.5 Å². The maximum absolute atomic E-state index is 9.81. The summed E-state index contributed by atoms with van der Waals surface area (Å²) in [6, 6.07) is 0. The number of ketones is 1. The van der Waals surface area contributed by atoms with Crippen molar-refractivity contribution in [3.8, 4) is 0 Å². The van der Waals surface area contributed by atoms with Crippen LogP contribution in [-0.4, -0.2) is 23.8 Å². The van der Waals surface area contributed by atoms with Crippen molar-refractivity contribution in [2.75, 3.05) is 6.61 Å². The van der Waals surface area contributed by atoms with Gasteiger partial charge in [0, 0.05) is 13.0 Å². The summed E-state index contributed by atoms with van der Waals surface area (Å²) in [5.41, 5.74) is 0. The van der Waals surface area contributed by atoms with Crippen LogP contribution in [0.15, 0.2) is 0 Å². The van der Waals surface area contributed by atoms with Gasteiger partial charge in [0.05, 0.1) is 0 Å². The van der Waals surface area contributed by atoms with Crippen LogP contribution >= 0.6 is 0 Å². The van der Waals surface area contributed by atoms with E-state index >= 15 is 0 Å². The summed E-state index contributed by atoms with van der Waals surface area (Å²) < 4.78 is 4.84. The zero-order chi connectivity index (χ0) is 10.7. The van der Waals surface area contributed by atoms with Crippen molar-refractivity contribution in [2.45, 2.75) is 53.2 Å². The van der Waals surface area contributed by atoms with E-state index in [9.17, 15) is 4.79 Å². The number of ether oxygens (including phenoxy) is 1. The first-order chi connectivity index (χ1) is 6.04. The van der Waals surface area contributed by atoms with E-state index in [1.165, 1.54) is 0 Å². The Hall–Kier alpha value is -0.410. The minimum atomic E-state index is -0.596. The number of aliphatic hydroxyl groups is 1. The fourth-order valence-electron chi connectivity index (χ4n) is 0.398. The normalized spacial score (nSPS) is 11.5. The first-order valence-corrected chi connectivity index (χ1v) is 4.83. The van der Waals surface area contributed by atoms with Crippen LogP contribution in [0, 0.1) is 0 Å². The van der Waals surface area contributed by atoms with Crippen molar-refractivity contribution in [3.05, 3.63) is 0 Å². The lowest BCUT2D eigenvalue weighted by atomic mass is 10.4. The maximum Gasteiger partial charge on any atom is 0.151 e. The Kier molecular flexibility index (Phi) is 13.4. The van der Waals surface area contributed by atoms with Crippen molar-refractivity contribution in [1.82, 2.24) is 0 Å². The van der Waals surface area contributed by atoms with Gasteiger partial charge in [-0.15, -0.1) is 0 Å². The maximum atomic E-state index is 9.81. The van der Waals surface area contributed by atoms with Crippen molar-refractivity contribution >= 4 is 5.78 Å². The standard InChI is InChI=1S/C6H14O2.C4H8O/c1-3-4-5-8-6(2)7;1-3-4(2)5/h6-7H,3-5H2,1-2H3;3H2,1-2H3. The summed E-state index contributed by atoms with van der Waals surface area (Å²) in [7, 11) is 0. The summed E-state index contributed by atoms with van der Waals surface area (Å²) in [5.74, 6) is 0.255. The van der Waals surface area contributed by atoms with Crippen LogP contribution in [0.4, 0.5) is 0 Å². The minimum Gasteiger partial charge on any atom is -0.368 e. The summed E-state index contributed by atoms with van der Waals surface area (Å²) in [6.45, 7) is 7.82. The molecule has 0 saturated carbocycles. The second-order valence-corrected chi connectivity index (χ2v) is 2.88. The molecule has 1 atom stereocenters. The number of hydrogen-bond donors (Lipinski definition) is 1. The van der Waals surface area contributed by atoms with Gasteiger partial charge in [0.2, 0.25) is 0 Å². The summed E-state index contributed by atoms with van der Waals surface area (Å²) in [6.07, 6.45) is 2.22. The van der Waals surface area contributed by atoms with Crippen LogP contribution < -0.4 is 0 Å². The highest BCUT2D eigenvalue weighted by atomic mass is 16.6. The largest absolute Gasteiger partial charge is 0.368 e. The quantitative estimate of drug-likeness (QED) is 0.533. The van der Waals surface area contributed by atoms with Crippen LogP contribution in [0.25, 0.3) is 0 Å². The first-order valence-electron chi connectivity index (χ1n) is 4.83. The Labute approximate surface area is 81.1 Å². The molecule has 13 heavy (non-hydrogen) atoms.